The molecule has 18 heavy (non-hydrogen) atoms. The zero-order valence-corrected chi connectivity index (χ0v) is 11.6. The Kier molecular flexibility index (Phi) is 4.87. The maximum atomic E-state index is 5.21. The van der Waals surface area contributed by atoms with Gasteiger partial charge in [0.25, 0.3) is 0 Å². The summed E-state index contributed by atoms with van der Waals surface area (Å²) in [6.07, 6.45) is 13.1. The molecule has 0 bridgehead atoms. The summed E-state index contributed by atoms with van der Waals surface area (Å²) in [5.74, 6) is 1.47. The number of allylic oxidation sites excluding steroid dienone is 2. The molecule has 1 aliphatic rings. The minimum atomic E-state index is 0.533. The predicted molar refractivity (Wildman–Crippen MR) is 76.4 cm³/mol. The highest BCUT2D eigenvalue weighted by Crippen LogP contribution is 2.16. The smallest absolute Gasteiger partial charge is 0.216 e. The van der Waals surface area contributed by atoms with Crippen molar-refractivity contribution < 1.29 is 0 Å². The van der Waals surface area contributed by atoms with Crippen LogP contribution in [-0.2, 0) is 6.42 Å². The summed E-state index contributed by atoms with van der Waals surface area (Å²) < 4.78 is 2.35. The van der Waals surface area contributed by atoms with Gasteiger partial charge in [0, 0.05) is 12.6 Å². The first kappa shape index (κ1) is 13.2. The molecule has 2 rings (SSSR count). The summed E-state index contributed by atoms with van der Waals surface area (Å²) in [6, 6.07) is 0. The van der Waals surface area contributed by atoms with Crippen molar-refractivity contribution in [2.45, 2.75) is 45.4 Å². The van der Waals surface area contributed by atoms with Gasteiger partial charge in [-0.3, -0.25) is 5.10 Å². The van der Waals surface area contributed by atoms with Gasteiger partial charge in [0.2, 0.25) is 4.77 Å². The highest BCUT2D eigenvalue weighted by atomic mass is 32.1. The number of nitrogens with one attached hydrogen (secondary N) is 1. The number of aromatic nitrogens is 3. The van der Waals surface area contributed by atoms with E-state index in [4.69, 9.17) is 12.2 Å². The number of hydrogen-bond donors (Lipinski definition) is 1. The molecule has 1 aliphatic carbocycles. The van der Waals surface area contributed by atoms with E-state index in [0.29, 0.717) is 10.7 Å². The molecule has 0 fully saturated rings. The van der Waals surface area contributed by atoms with Crippen molar-refractivity contribution in [2.75, 3.05) is 0 Å². The Hall–Kier alpha value is -1.23. The molecule has 1 aromatic rings. The lowest BCUT2D eigenvalue weighted by molar-refractivity contribution is 0.618. The largest absolute Gasteiger partial charge is 0.250 e. The second kappa shape index (κ2) is 6.64. The maximum Gasteiger partial charge on any atom is 0.216 e. The van der Waals surface area contributed by atoms with Crippen LogP contribution in [0.4, 0.5) is 0 Å². The Bertz CT molecular complexity index is 483. The van der Waals surface area contributed by atoms with Crippen molar-refractivity contribution >= 4 is 18.4 Å². The Morgan fingerprint density at radius 1 is 1.61 bits per heavy atom. The molecule has 98 valence electrons. The van der Waals surface area contributed by atoms with Crippen LogP contribution in [0.1, 0.15) is 44.9 Å². The van der Waals surface area contributed by atoms with Gasteiger partial charge in [-0.05, 0) is 43.8 Å². The van der Waals surface area contributed by atoms with Crippen molar-refractivity contribution in [3.05, 3.63) is 22.7 Å². The quantitative estimate of drug-likeness (QED) is 0.503. The summed E-state index contributed by atoms with van der Waals surface area (Å²) in [7, 11) is 0. The molecule has 0 radical (unpaired) electrons. The topological polar surface area (TPSA) is 46.0 Å². The molecule has 5 heteroatoms. The van der Waals surface area contributed by atoms with Gasteiger partial charge in [-0.15, -0.1) is 0 Å². The molecular formula is C13H20N4S. The third-order valence-corrected chi connectivity index (χ3v) is 3.44. The van der Waals surface area contributed by atoms with Crippen molar-refractivity contribution in [2.24, 2.45) is 11.0 Å². The van der Waals surface area contributed by atoms with Crippen molar-refractivity contribution in [1.82, 2.24) is 14.9 Å². The van der Waals surface area contributed by atoms with Crippen LogP contribution in [0, 0.1) is 10.7 Å². The molecule has 0 aliphatic heterocycles. The van der Waals surface area contributed by atoms with Gasteiger partial charge >= 0.3 is 0 Å². The lowest BCUT2D eigenvalue weighted by Crippen LogP contribution is -2.06. The predicted octanol–water partition coefficient (Wildman–Crippen LogP) is 3.47. The van der Waals surface area contributed by atoms with E-state index in [1.165, 1.54) is 6.42 Å². The highest BCUT2D eigenvalue weighted by Gasteiger charge is 2.08. The van der Waals surface area contributed by atoms with Crippen LogP contribution in [0.25, 0.3) is 0 Å². The van der Waals surface area contributed by atoms with Gasteiger partial charge in [-0.25, -0.2) is 0 Å². The van der Waals surface area contributed by atoms with Crippen molar-refractivity contribution in [1.29, 1.82) is 0 Å². The molecule has 1 atom stereocenters. The monoisotopic (exact) mass is 264 g/mol. The van der Waals surface area contributed by atoms with Crippen molar-refractivity contribution in [3.63, 3.8) is 0 Å². The van der Waals surface area contributed by atoms with Gasteiger partial charge in [0.15, 0.2) is 5.82 Å². The van der Waals surface area contributed by atoms with E-state index in [2.05, 4.69) is 34.4 Å². The lowest BCUT2D eigenvalue weighted by Gasteiger charge is -2.11. The summed E-state index contributed by atoms with van der Waals surface area (Å²) in [5, 5.41) is 11.6. The van der Waals surface area contributed by atoms with Crippen LogP contribution in [0.15, 0.2) is 17.3 Å². The second-order valence-electron chi connectivity index (χ2n) is 4.67. The van der Waals surface area contributed by atoms with Gasteiger partial charge in [0.1, 0.15) is 0 Å². The normalized spacial score (nSPS) is 19.7. The van der Waals surface area contributed by atoms with E-state index < -0.39 is 0 Å². The number of H-pyrrole nitrogens is 1. The van der Waals surface area contributed by atoms with Gasteiger partial charge in [-0.2, -0.15) is 14.9 Å². The fraction of sp³-hybridized carbons (Fsp3) is 0.615. The zero-order chi connectivity index (χ0) is 12.8. The average Bonchev–Trinajstić information content (AvgIpc) is 2.76. The first-order chi connectivity index (χ1) is 8.81. The number of nitrogens with zero attached hydrogens (tertiary/aromatic N) is 3. The SMILES string of the molecule is CCCCc1n[nH]c(=S)n1/N=C/C1CC=CCC1. The third-order valence-electron chi connectivity index (χ3n) is 3.17. The number of rotatable bonds is 5. The van der Waals surface area contributed by atoms with Crippen LogP contribution in [0.3, 0.4) is 0 Å². The van der Waals surface area contributed by atoms with E-state index in [1.54, 1.807) is 4.68 Å². The van der Waals surface area contributed by atoms with Gasteiger partial charge in [-0.1, -0.05) is 25.5 Å². The average molecular weight is 264 g/mol. The van der Waals surface area contributed by atoms with Gasteiger partial charge in [0.05, 0.1) is 0 Å². The van der Waals surface area contributed by atoms with E-state index in [0.717, 1.165) is 37.9 Å². The third kappa shape index (κ3) is 3.38. The molecular weight excluding hydrogens is 244 g/mol. The molecule has 0 saturated carbocycles. The van der Waals surface area contributed by atoms with Crippen LogP contribution < -0.4 is 0 Å². The fourth-order valence-electron chi connectivity index (χ4n) is 2.05. The Morgan fingerprint density at radius 3 is 3.22 bits per heavy atom. The Balaban J connectivity index is 2.07. The van der Waals surface area contributed by atoms with E-state index in [-0.39, 0.29) is 0 Å². The summed E-state index contributed by atoms with van der Waals surface area (Å²) in [5.41, 5.74) is 0. The second-order valence-corrected chi connectivity index (χ2v) is 5.06. The van der Waals surface area contributed by atoms with E-state index in [1.807, 2.05) is 6.21 Å². The molecule has 4 nitrogen and oxygen atoms in total. The standard InChI is InChI=1S/C13H20N4S/c1-2-3-9-12-15-16-13(18)17(12)14-10-11-7-5-4-6-8-11/h4-5,10-11H,2-3,6-9H2,1H3,(H,16,18)/b14-10+. The summed E-state index contributed by atoms with van der Waals surface area (Å²) in [4.78, 5) is 0. The molecule has 0 spiro atoms. The first-order valence-electron chi connectivity index (χ1n) is 6.67. The highest BCUT2D eigenvalue weighted by molar-refractivity contribution is 7.71. The summed E-state index contributed by atoms with van der Waals surface area (Å²) in [6.45, 7) is 2.17. The van der Waals surface area contributed by atoms with Crippen LogP contribution in [-0.4, -0.2) is 21.1 Å². The van der Waals surface area contributed by atoms with E-state index in [9.17, 15) is 0 Å². The van der Waals surface area contributed by atoms with Crippen molar-refractivity contribution in [3.8, 4) is 0 Å². The molecule has 0 aromatic carbocycles. The fourth-order valence-corrected chi connectivity index (χ4v) is 2.25. The number of hydrogen-bond acceptors (Lipinski definition) is 3. The molecule has 1 heterocycles. The van der Waals surface area contributed by atoms with Crippen LogP contribution >= 0.6 is 12.2 Å². The van der Waals surface area contributed by atoms with Crippen LogP contribution in [0.5, 0.6) is 0 Å². The minimum Gasteiger partial charge on any atom is -0.250 e. The minimum absolute atomic E-state index is 0.533. The zero-order valence-electron chi connectivity index (χ0n) is 10.8. The van der Waals surface area contributed by atoms with E-state index >= 15 is 0 Å². The number of aryl methyl sites for hydroxylation is 1. The maximum absolute atomic E-state index is 5.21. The lowest BCUT2D eigenvalue weighted by atomic mass is 9.96. The Labute approximate surface area is 113 Å². The van der Waals surface area contributed by atoms with Crippen LogP contribution in [0.2, 0.25) is 0 Å². The molecule has 1 N–H and O–H groups in total. The number of unbranched alkanes of at least 4 members (excludes halogenated alkanes) is 1. The number of aromatic amines is 1. The van der Waals surface area contributed by atoms with Gasteiger partial charge < -0.3 is 0 Å². The first-order valence-corrected chi connectivity index (χ1v) is 7.08. The molecule has 0 saturated heterocycles. The molecule has 0 amide bonds. The Morgan fingerprint density at radius 2 is 2.50 bits per heavy atom. The summed E-state index contributed by atoms with van der Waals surface area (Å²) >= 11 is 5.21. The molecule has 1 aromatic heterocycles. The molecule has 1 unspecified atom stereocenters.